The van der Waals surface area contributed by atoms with Crippen LogP contribution in [0.2, 0.25) is 0 Å². The van der Waals surface area contributed by atoms with Gasteiger partial charge in [0.1, 0.15) is 0 Å². The van der Waals surface area contributed by atoms with Gasteiger partial charge in [-0.05, 0) is 46.6 Å². The zero-order valence-corrected chi connectivity index (χ0v) is 11.3. The molecule has 1 amide bonds. The molecule has 0 aliphatic carbocycles. The van der Waals surface area contributed by atoms with Crippen LogP contribution < -0.4 is 10.6 Å². The van der Waals surface area contributed by atoms with Crippen molar-refractivity contribution in [1.29, 1.82) is 0 Å². The van der Waals surface area contributed by atoms with Crippen molar-refractivity contribution in [3.05, 3.63) is 0 Å². The molecule has 0 radical (unpaired) electrons. The lowest BCUT2D eigenvalue weighted by Crippen LogP contribution is -2.42. The van der Waals surface area contributed by atoms with Crippen molar-refractivity contribution in [3.8, 4) is 0 Å². The summed E-state index contributed by atoms with van der Waals surface area (Å²) in [5.41, 5.74) is 0. The van der Waals surface area contributed by atoms with E-state index < -0.39 is 0 Å². The quantitative estimate of drug-likeness (QED) is 0.690. The van der Waals surface area contributed by atoms with E-state index >= 15 is 0 Å². The summed E-state index contributed by atoms with van der Waals surface area (Å²) in [6, 6.07) is 0.462. The molecule has 1 fully saturated rings. The maximum Gasteiger partial charge on any atom is 0.223 e. The molecule has 1 aliphatic rings. The molecule has 4 heteroatoms. The number of carbonyl (C=O) groups excluding carboxylic acids is 1. The van der Waals surface area contributed by atoms with Crippen molar-refractivity contribution in [3.63, 3.8) is 0 Å². The second-order valence-electron chi connectivity index (χ2n) is 5.14. The van der Waals surface area contributed by atoms with Gasteiger partial charge in [0.05, 0.1) is 6.10 Å². The van der Waals surface area contributed by atoms with Gasteiger partial charge in [-0.15, -0.1) is 0 Å². The molecule has 17 heavy (non-hydrogen) atoms. The van der Waals surface area contributed by atoms with Crippen LogP contribution in [0.4, 0.5) is 0 Å². The van der Waals surface area contributed by atoms with Crippen molar-refractivity contribution in [2.75, 3.05) is 19.7 Å². The van der Waals surface area contributed by atoms with Crippen LogP contribution in [0.5, 0.6) is 0 Å². The van der Waals surface area contributed by atoms with Gasteiger partial charge < -0.3 is 15.4 Å². The summed E-state index contributed by atoms with van der Waals surface area (Å²) in [6.07, 6.45) is 3.08. The Morgan fingerprint density at radius 2 is 2.29 bits per heavy atom. The fraction of sp³-hybridized carbons (Fsp3) is 0.923. The van der Waals surface area contributed by atoms with Crippen LogP contribution in [0.1, 0.15) is 40.0 Å². The van der Waals surface area contributed by atoms with Gasteiger partial charge in [-0.25, -0.2) is 0 Å². The number of hydrogen-bond acceptors (Lipinski definition) is 3. The minimum Gasteiger partial charge on any atom is -0.379 e. The molecule has 0 saturated carbocycles. The molecule has 2 atom stereocenters. The van der Waals surface area contributed by atoms with E-state index in [2.05, 4.69) is 17.6 Å². The molecule has 2 N–H and O–H groups in total. The highest BCUT2D eigenvalue weighted by molar-refractivity contribution is 5.78. The van der Waals surface area contributed by atoms with Crippen molar-refractivity contribution >= 4 is 5.91 Å². The highest BCUT2D eigenvalue weighted by Gasteiger charge is 2.23. The third-order valence-corrected chi connectivity index (χ3v) is 3.07. The summed E-state index contributed by atoms with van der Waals surface area (Å²) in [7, 11) is 0. The van der Waals surface area contributed by atoms with E-state index in [0.717, 1.165) is 39.0 Å². The second kappa shape index (κ2) is 7.67. The fourth-order valence-electron chi connectivity index (χ4n) is 2.12. The molecule has 100 valence electrons. The van der Waals surface area contributed by atoms with Gasteiger partial charge in [0.15, 0.2) is 0 Å². The molecule has 0 aromatic rings. The lowest BCUT2D eigenvalue weighted by Gasteiger charge is -2.27. The molecule has 0 aromatic carbocycles. The third-order valence-electron chi connectivity index (χ3n) is 3.07. The number of amides is 1. The Labute approximate surface area is 104 Å². The Balaban J connectivity index is 2.08. The van der Waals surface area contributed by atoms with E-state index in [1.165, 1.54) is 0 Å². The Hall–Kier alpha value is -0.610. The number of piperidine rings is 1. The van der Waals surface area contributed by atoms with Gasteiger partial charge in [-0.2, -0.15) is 0 Å². The summed E-state index contributed by atoms with van der Waals surface area (Å²) < 4.78 is 5.42. The monoisotopic (exact) mass is 242 g/mol. The Morgan fingerprint density at radius 1 is 1.53 bits per heavy atom. The average Bonchev–Trinajstić information content (AvgIpc) is 2.28. The van der Waals surface area contributed by atoms with Crippen LogP contribution in [0.3, 0.4) is 0 Å². The summed E-state index contributed by atoms with van der Waals surface area (Å²) in [5, 5.41) is 6.36. The van der Waals surface area contributed by atoms with Gasteiger partial charge in [-0.1, -0.05) is 0 Å². The summed E-state index contributed by atoms with van der Waals surface area (Å²) in [5.74, 6) is 0.403. The van der Waals surface area contributed by atoms with Crippen LogP contribution in [0.25, 0.3) is 0 Å². The molecule has 4 nitrogen and oxygen atoms in total. The van der Waals surface area contributed by atoms with Gasteiger partial charge in [0.2, 0.25) is 5.91 Å². The molecule has 0 bridgehead atoms. The molecule has 1 heterocycles. The molecule has 1 saturated heterocycles. The summed E-state index contributed by atoms with van der Waals surface area (Å²) in [4.78, 5) is 11.9. The summed E-state index contributed by atoms with van der Waals surface area (Å²) in [6.45, 7) is 8.58. The van der Waals surface area contributed by atoms with Crippen molar-refractivity contribution in [2.24, 2.45) is 5.92 Å². The van der Waals surface area contributed by atoms with Gasteiger partial charge in [0, 0.05) is 25.1 Å². The predicted molar refractivity (Wildman–Crippen MR) is 68.9 cm³/mol. The van der Waals surface area contributed by atoms with E-state index in [0.29, 0.717) is 6.04 Å². The van der Waals surface area contributed by atoms with Crippen LogP contribution in [0.15, 0.2) is 0 Å². The van der Waals surface area contributed by atoms with E-state index in [1.54, 1.807) is 0 Å². The first-order valence-corrected chi connectivity index (χ1v) is 6.72. The zero-order valence-electron chi connectivity index (χ0n) is 11.3. The van der Waals surface area contributed by atoms with Gasteiger partial charge in [-0.3, -0.25) is 4.79 Å². The van der Waals surface area contributed by atoms with Crippen LogP contribution in [-0.2, 0) is 9.53 Å². The lowest BCUT2D eigenvalue weighted by atomic mass is 9.92. The normalized spacial score (nSPS) is 24.9. The second-order valence-corrected chi connectivity index (χ2v) is 5.14. The molecular weight excluding hydrogens is 216 g/mol. The minimum atomic E-state index is 0.192. The van der Waals surface area contributed by atoms with E-state index in [9.17, 15) is 4.79 Å². The van der Waals surface area contributed by atoms with Crippen LogP contribution in [0, 0.1) is 5.92 Å². The average molecular weight is 242 g/mol. The third kappa shape index (κ3) is 6.03. The molecule has 0 aromatic heterocycles. The first kappa shape index (κ1) is 14.5. The number of ether oxygens (including phenoxy) is 1. The molecule has 1 aliphatic heterocycles. The topological polar surface area (TPSA) is 50.4 Å². The SMILES string of the molecule is CC1CC(C(=O)NCCCOC(C)C)CCN1. The first-order chi connectivity index (χ1) is 8.09. The molecule has 0 spiro atoms. The Morgan fingerprint density at radius 3 is 2.94 bits per heavy atom. The Kier molecular flexibility index (Phi) is 6.52. The van der Waals surface area contributed by atoms with E-state index in [1.807, 2.05) is 13.8 Å². The smallest absolute Gasteiger partial charge is 0.223 e. The van der Waals surface area contributed by atoms with Gasteiger partial charge in [0.25, 0.3) is 0 Å². The number of hydrogen-bond donors (Lipinski definition) is 2. The minimum absolute atomic E-state index is 0.192. The van der Waals surface area contributed by atoms with Crippen LogP contribution in [-0.4, -0.2) is 37.7 Å². The summed E-state index contributed by atoms with van der Waals surface area (Å²) >= 11 is 0. The van der Waals surface area contributed by atoms with E-state index in [4.69, 9.17) is 4.74 Å². The van der Waals surface area contributed by atoms with Gasteiger partial charge >= 0.3 is 0 Å². The van der Waals surface area contributed by atoms with Crippen molar-refractivity contribution in [1.82, 2.24) is 10.6 Å². The van der Waals surface area contributed by atoms with Crippen LogP contribution >= 0.6 is 0 Å². The van der Waals surface area contributed by atoms with Crippen molar-refractivity contribution < 1.29 is 9.53 Å². The fourth-order valence-corrected chi connectivity index (χ4v) is 2.12. The van der Waals surface area contributed by atoms with E-state index in [-0.39, 0.29) is 17.9 Å². The number of rotatable bonds is 6. The number of carbonyl (C=O) groups is 1. The standard InChI is InChI=1S/C13H26N2O2/c1-10(2)17-8-4-6-15-13(16)12-5-7-14-11(3)9-12/h10-12,14H,4-9H2,1-3H3,(H,15,16). The maximum atomic E-state index is 11.9. The Bertz CT molecular complexity index is 231. The molecule has 1 rings (SSSR count). The highest BCUT2D eigenvalue weighted by atomic mass is 16.5. The lowest BCUT2D eigenvalue weighted by molar-refractivity contribution is -0.126. The predicted octanol–water partition coefficient (Wildman–Crippen LogP) is 1.31. The zero-order chi connectivity index (χ0) is 12.7. The molecule has 2 unspecified atom stereocenters. The number of nitrogens with one attached hydrogen (secondary N) is 2. The highest BCUT2D eigenvalue weighted by Crippen LogP contribution is 2.15. The van der Waals surface area contributed by atoms with Crippen molar-refractivity contribution in [2.45, 2.75) is 52.2 Å². The first-order valence-electron chi connectivity index (χ1n) is 6.72. The largest absolute Gasteiger partial charge is 0.379 e. The molecular formula is C13H26N2O2. The maximum absolute atomic E-state index is 11.9.